The van der Waals surface area contributed by atoms with Gasteiger partial charge in [-0.2, -0.15) is 0 Å². The van der Waals surface area contributed by atoms with E-state index in [0.29, 0.717) is 6.42 Å². The number of halogens is 1. The second kappa shape index (κ2) is 7.76. The first-order valence-electron chi connectivity index (χ1n) is 8.34. The summed E-state index contributed by atoms with van der Waals surface area (Å²) >= 11 is 10.9. The summed E-state index contributed by atoms with van der Waals surface area (Å²) in [4.78, 5) is 23.8. The molecular weight excluding hydrogens is 406 g/mol. The highest BCUT2D eigenvalue weighted by Crippen LogP contribution is 2.34. The molecule has 0 unspecified atom stereocenters. The molecule has 0 atom stereocenters. The molecule has 3 aromatic rings. The Morgan fingerprint density at radius 3 is 2.69 bits per heavy atom. The number of hydrogen-bond donors (Lipinski definition) is 0. The van der Waals surface area contributed by atoms with Crippen LogP contribution >= 0.6 is 46.0 Å². The molecule has 26 heavy (non-hydrogen) atoms. The molecule has 1 amide bonds. The van der Waals surface area contributed by atoms with E-state index in [-0.39, 0.29) is 5.91 Å². The van der Waals surface area contributed by atoms with Gasteiger partial charge < -0.3 is 9.80 Å². The predicted molar refractivity (Wildman–Crippen MR) is 113 cm³/mol. The average Bonchev–Trinajstić information content (AvgIpc) is 3.27. The molecule has 0 saturated carbocycles. The SMILES string of the molecule is CSc1cccc2sc(N3CCN(C(=O)Cc4ccc(Cl)s4)CC3)nc12. The minimum absolute atomic E-state index is 0.178. The number of anilines is 1. The second-order valence-electron chi connectivity index (χ2n) is 6.05. The Balaban J connectivity index is 1.41. The number of para-hydroxylation sites is 1. The quantitative estimate of drug-likeness (QED) is 0.573. The fraction of sp³-hybridized carbons (Fsp3) is 0.333. The molecule has 4 nitrogen and oxygen atoms in total. The molecule has 1 saturated heterocycles. The molecule has 0 radical (unpaired) electrons. The van der Waals surface area contributed by atoms with E-state index in [4.69, 9.17) is 16.6 Å². The molecular formula is C18H18ClN3OS3. The molecule has 2 aromatic heterocycles. The highest BCUT2D eigenvalue weighted by Gasteiger charge is 2.23. The first kappa shape index (κ1) is 18.1. The number of nitrogens with zero attached hydrogens (tertiary/aromatic N) is 3. The van der Waals surface area contributed by atoms with Gasteiger partial charge in [-0.1, -0.05) is 29.0 Å². The summed E-state index contributed by atoms with van der Waals surface area (Å²) in [5, 5.41) is 1.05. The fourth-order valence-electron chi connectivity index (χ4n) is 3.07. The zero-order valence-electron chi connectivity index (χ0n) is 14.3. The molecule has 0 aliphatic carbocycles. The molecule has 8 heteroatoms. The average molecular weight is 424 g/mol. The molecule has 4 rings (SSSR count). The van der Waals surface area contributed by atoms with Crippen molar-refractivity contribution in [2.24, 2.45) is 0 Å². The van der Waals surface area contributed by atoms with Crippen molar-refractivity contribution in [1.29, 1.82) is 0 Å². The Morgan fingerprint density at radius 1 is 1.19 bits per heavy atom. The first-order chi connectivity index (χ1) is 12.6. The van der Waals surface area contributed by atoms with Gasteiger partial charge in [-0.25, -0.2) is 4.98 Å². The van der Waals surface area contributed by atoms with Crippen LogP contribution in [0.4, 0.5) is 5.13 Å². The zero-order valence-corrected chi connectivity index (χ0v) is 17.5. The van der Waals surface area contributed by atoms with Crippen LogP contribution in [0.25, 0.3) is 10.2 Å². The van der Waals surface area contributed by atoms with Gasteiger partial charge in [0.15, 0.2) is 5.13 Å². The lowest BCUT2D eigenvalue weighted by molar-refractivity contribution is -0.130. The van der Waals surface area contributed by atoms with E-state index in [9.17, 15) is 4.79 Å². The minimum Gasteiger partial charge on any atom is -0.345 e. The van der Waals surface area contributed by atoms with Gasteiger partial charge in [-0.3, -0.25) is 4.79 Å². The topological polar surface area (TPSA) is 36.4 Å². The number of carbonyl (C=O) groups is 1. The van der Waals surface area contributed by atoms with Crippen molar-refractivity contribution in [2.75, 3.05) is 37.3 Å². The molecule has 0 spiro atoms. The van der Waals surface area contributed by atoms with Crippen molar-refractivity contribution in [2.45, 2.75) is 11.3 Å². The van der Waals surface area contributed by atoms with E-state index in [0.717, 1.165) is 46.0 Å². The Labute approximate surface area is 169 Å². The van der Waals surface area contributed by atoms with Gasteiger partial charge in [-0.15, -0.1) is 23.1 Å². The van der Waals surface area contributed by atoms with Crippen LogP contribution in [-0.2, 0) is 11.2 Å². The lowest BCUT2D eigenvalue weighted by atomic mass is 10.2. The smallest absolute Gasteiger partial charge is 0.227 e. The summed E-state index contributed by atoms with van der Waals surface area (Å²) in [5.41, 5.74) is 1.09. The van der Waals surface area contributed by atoms with Crippen molar-refractivity contribution < 1.29 is 4.79 Å². The Bertz CT molecular complexity index is 931. The van der Waals surface area contributed by atoms with Crippen LogP contribution in [0.2, 0.25) is 4.34 Å². The van der Waals surface area contributed by atoms with Crippen LogP contribution in [-0.4, -0.2) is 48.2 Å². The molecule has 0 bridgehead atoms. The van der Waals surface area contributed by atoms with Crippen LogP contribution in [0.1, 0.15) is 4.88 Å². The number of thioether (sulfide) groups is 1. The zero-order chi connectivity index (χ0) is 18.1. The summed E-state index contributed by atoms with van der Waals surface area (Å²) in [6.45, 7) is 3.13. The normalized spacial score (nSPS) is 15.0. The predicted octanol–water partition coefficient (Wildman–Crippen LogP) is 4.62. The minimum atomic E-state index is 0.178. The van der Waals surface area contributed by atoms with Crippen LogP contribution < -0.4 is 4.90 Å². The maximum atomic E-state index is 12.5. The van der Waals surface area contributed by atoms with E-state index in [1.54, 1.807) is 23.1 Å². The van der Waals surface area contributed by atoms with E-state index in [1.165, 1.54) is 20.9 Å². The summed E-state index contributed by atoms with van der Waals surface area (Å²) in [5.74, 6) is 0.178. The monoisotopic (exact) mass is 423 g/mol. The van der Waals surface area contributed by atoms with Crippen LogP contribution in [0, 0.1) is 0 Å². The Kier molecular flexibility index (Phi) is 5.40. The van der Waals surface area contributed by atoms with Gasteiger partial charge in [0.1, 0.15) is 0 Å². The third-order valence-corrected chi connectivity index (χ3v) is 7.53. The third-order valence-electron chi connectivity index (χ3n) is 4.45. The third kappa shape index (κ3) is 3.71. The van der Waals surface area contributed by atoms with Gasteiger partial charge in [0.25, 0.3) is 0 Å². The van der Waals surface area contributed by atoms with Gasteiger partial charge >= 0.3 is 0 Å². The van der Waals surface area contributed by atoms with E-state index in [2.05, 4.69) is 29.4 Å². The molecule has 0 N–H and O–H groups in total. The highest BCUT2D eigenvalue weighted by molar-refractivity contribution is 7.98. The lowest BCUT2D eigenvalue weighted by Gasteiger charge is -2.34. The first-order valence-corrected chi connectivity index (χ1v) is 11.6. The van der Waals surface area contributed by atoms with E-state index >= 15 is 0 Å². The number of piperazine rings is 1. The Hall–Kier alpha value is -1.28. The maximum absolute atomic E-state index is 12.5. The molecule has 1 aromatic carbocycles. The van der Waals surface area contributed by atoms with Crippen LogP contribution in [0.3, 0.4) is 0 Å². The van der Waals surface area contributed by atoms with Crippen molar-refractivity contribution in [3.05, 3.63) is 39.5 Å². The number of thiophene rings is 1. The highest BCUT2D eigenvalue weighted by atomic mass is 35.5. The number of carbonyl (C=O) groups excluding carboxylic acids is 1. The molecule has 136 valence electrons. The summed E-state index contributed by atoms with van der Waals surface area (Å²) < 4.78 is 1.96. The molecule has 3 heterocycles. The van der Waals surface area contributed by atoms with Crippen LogP contribution in [0.15, 0.2) is 35.2 Å². The van der Waals surface area contributed by atoms with Crippen molar-refractivity contribution in [3.63, 3.8) is 0 Å². The largest absolute Gasteiger partial charge is 0.345 e. The van der Waals surface area contributed by atoms with Gasteiger partial charge in [0.05, 0.1) is 21.0 Å². The maximum Gasteiger partial charge on any atom is 0.227 e. The van der Waals surface area contributed by atoms with Gasteiger partial charge in [-0.05, 0) is 30.5 Å². The van der Waals surface area contributed by atoms with Crippen molar-refractivity contribution in [3.8, 4) is 0 Å². The lowest BCUT2D eigenvalue weighted by Crippen LogP contribution is -2.49. The summed E-state index contributed by atoms with van der Waals surface area (Å²) in [6.07, 6.45) is 2.52. The number of fused-ring (bicyclic) bond motifs is 1. The van der Waals surface area contributed by atoms with Gasteiger partial charge in [0, 0.05) is 36.0 Å². The van der Waals surface area contributed by atoms with Gasteiger partial charge in [0.2, 0.25) is 5.91 Å². The molecule has 1 aliphatic rings. The summed E-state index contributed by atoms with van der Waals surface area (Å²) in [6, 6.07) is 10.1. The molecule has 1 fully saturated rings. The van der Waals surface area contributed by atoms with E-state index < -0.39 is 0 Å². The number of benzene rings is 1. The second-order valence-corrected chi connectivity index (χ2v) is 9.71. The number of hydrogen-bond acceptors (Lipinski definition) is 6. The van der Waals surface area contributed by atoms with Crippen molar-refractivity contribution in [1.82, 2.24) is 9.88 Å². The number of aromatic nitrogens is 1. The number of rotatable bonds is 4. The number of thiazole rings is 1. The standard InChI is InChI=1S/C18H18ClN3OS3/c1-24-13-3-2-4-14-17(13)20-18(26-14)22-9-7-21(8-10-22)16(23)11-12-5-6-15(19)25-12/h2-6H,7-11H2,1H3. The van der Waals surface area contributed by atoms with E-state index in [1.807, 2.05) is 17.0 Å². The summed E-state index contributed by atoms with van der Waals surface area (Å²) in [7, 11) is 0. The fourth-order valence-corrected chi connectivity index (χ4v) is 5.82. The van der Waals surface area contributed by atoms with Crippen molar-refractivity contribution >= 4 is 67.3 Å². The van der Waals surface area contributed by atoms with Crippen LogP contribution in [0.5, 0.6) is 0 Å². The molecule has 1 aliphatic heterocycles. The number of amides is 1. The Morgan fingerprint density at radius 2 is 2.00 bits per heavy atom.